The number of fused-ring (bicyclic) bond motifs is 5. The van der Waals surface area contributed by atoms with Crippen molar-refractivity contribution in [3.8, 4) is 11.5 Å². The Morgan fingerprint density at radius 3 is 2.65 bits per heavy atom. The van der Waals surface area contributed by atoms with E-state index >= 15 is 0 Å². The highest BCUT2D eigenvalue weighted by Crippen LogP contribution is 2.56. The van der Waals surface area contributed by atoms with Gasteiger partial charge >= 0.3 is 0 Å². The summed E-state index contributed by atoms with van der Waals surface area (Å²) in [5.41, 5.74) is 0.495. The summed E-state index contributed by atoms with van der Waals surface area (Å²) in [5.74, 6) is 2.42. The van der Waals surface area contributed by atoms with Crippen LogP contribution in [0.4, 0.5) is 14.6 Å². The molecule has 182 valence electrons. The van der Waals surface area contributed by atoms with Gasteiger partial charge in [-0.15, -0.1) is 0 Å². The monoisotopic (exact) mass is 490 g/mol. The molecule has 4 atom stereocenters. The van der Waals surface area contributed by atoms with Crippen LogP contribution in [0, 0.1) is 23.2 Å². The van der Waals surface area contributed by atoms with Crippen molar-refractivity contribution in [2.75, 3.05) is 30.0 Å². The molecule has 1 aliphatic carbocycles. The van der Waals surface area contributed by atoms with Gasteiger partial charge in [-0.2, -0.15) is 0 Å². The number of anilines is 1. The van der Waals surface area contributed by atoms with Crippen LogP contribution < -0.4 is 4.90 Å². The number of aromatic nitrogens is 5. The number of sulfone groups is 1. The summed E-state index contributed by atoms with van der Waals surface area (Å²) in [6.07, 6.45) is 6.24. The molecule has 3 aliphatic rings. The van der Waals surface area contributed by atoms with Crippen molar-refractivity contribution in [1.82, 2.24) is 24.3 Å². The Morgan fingerprint density at radius 1 is 1.15 bits per heavy atom. The van der Waals surface area contributed by atoms with E-state index < -0.39 is 16.3 Å². The molecule has 6 rings (SSSR count). The zero-order chi connectivity index (χ0) is 24.3. The van der Waals surface area contributed by atoms with Crippen LogP contribution >= 0.6 is 0 Å². The molecule has 3 fully saturated rings. The predicted octanol–water partition coefficient (Wildman–Crippen LogP) is 3.66. The van der Waals surface area contributed by atoms with Gasteiger partial charge in [-0.3, -0.25) is 4.40 Å². The number of rotatable bonds is 5. The first-order chi connectivity index (χ1) is 16.0. The molecule has 0 aromatic carbocycles. The van der Waals surface area contributed by atoms with Gasteiger partial charge in [0.25, 0.3) is 6.43 Å². The molecule has 1 saturated carbocycles. The molecule has 3 aromatic heterocycles. The molecular weight excluding hydrogens is 462 g/mol. The summed E-state index contributed by atoms with van der Waals surface area (Å²) >= 11 is 0. The van der Waals surface area contributed by atoms with Gasteiger partial charge in [-0.25, -0.2) is 37.1 Å². The highest BCUT2D eigenvalue weighted by Gasteiger charge is 2.54. The molecule has 2 bridgehead atoms. The third kappa shape index (κ3) is 4.14. The van der Waals surface area contributed by atoms with Gasteiger partial charge in [0.1, 0.15) is 27.0 Å². The quantitative estimate of drug-likeness (QED) is 0.539. The largest absolute Gasteiger partial charge is 0.356 e. The number of nitrogens with zero attached hydrogens (tertiary/aromatic N) is 6. The smallest absolute Gasteiger partial charge is 0.281 e. The Labute approximate surface area is 197 Å². The molecule has 0 radical (unpaired) electrons. The Balaban J connectivity index is 1.44. The minimum absolute atomic E-state index is 0.131. The van der Waals surface area contributed by atoms with Crippen molar-refractivity contribution < 1.29 is 17.2 Å². The van der Waals surface area contributed by atoms with Crippen molar-refractivity contribution in [2.24, 2.45) is 23.2 Å². The van der Waals surface area contributed by atoms with Gasteiger partial charge in [0.15, 0.2) is 11.5 Å². The fourth-order valence-corrected chi connectivity index (χ4v) is 7.54. The normalized spacial score (nSPS) is 27.5. The Kier molecular flexibility index (Phi) is 5.57. The molecule has 8 nitrogen and oxygen atoms in total. The fourth-order valence-electron chi connectivity index (χ4n) is 6.00. The van der Waals surface area contributed by atoms with Crippen LogP contribution in [0.15, 0.2) is 30.9 Å². The third-order valence-electron chi connectivity index (χ3n) is 7.47. The van der Waals surface area contributed by atoms with Crippen LogP contribution in [0.5, 0.6) is 0 Å². The van der Waals surface area contributed by atoms with E-state index in [-0.39, 0.29) is 16.9 Å². The summed E-state index contributed by atoms with van der Waals surface area (Å²) in [6, 6.07) is 1.86. The van der Waals surface area contributed by atoms with Gasteiger partial charge in [0.2, 0.25) is 0 Å². The maximum Gasteiger partial charge on any atom is 0.281 e. The average Bonchev–Trinajstić information content (AvgIpc) is 3.18. The van der Waals surface area contributed by atoms with Crippen LogP contribution in [0.2, 0.25) is 0 Å². The van der Waals surface area contributed by atoms with Crippen molar-refractivity contribution in [2.45, 2.75) is 33.1 Å². The molecule has 0 spiro atoms. The molecule has 4 unspecified atom stereocenters. The second-order valence-corrected chi connectivity index (χ2v) is 12.3. The van der Waals surface area contributed by atoms with E-state index in [0.29, 0.717) is 34.9 Å². The number of alkyl halides is 2. The van der Waals surface area contributed by atoms with Crippen LogP contribution in [-0.4, -0.2) is 57.9 Å². The average molecular weight is 491 g/mol. The first kappa shape index (κ1) is 23.1. The molecule has 34 heavy (non-hydrogen) atoms. The second-order valence-electron chi connectivity index (χ2n) is 10.1. The minimum Gasteiger partial charge on any atom is -0.356 e. The first-order valence-corrected chi connectivity index (χ1v) is 13.5. The Morgan fingerprint density at radius 2 is 1.94 bits per heavy atom. The van der Waals surface area contributed by atoms with Crippen LogP contribution in [0.1, 0.15) is 38.8 Å². The number of hydrogen-bond acceptors (Lipinski definition) is 7. The van der Waals surface area contributed by atoms with Gasteiger partial charge in [-0.05, 0) is 42.1 Å². The van der Waals surface area contributed by atoms with E-state index in [2.05, 4.69) is 33.7 Å². The van der Waals surface area contributed by atoms with Gasteiger partial charge < -0.3 is 4.90 Å². The summed E-state index contributed by atoms with van der Waals surface area (Å²) in [5, 5.41) is 0. The molecular formula is C23H28F2N6O2S. The molecule has 11 heteroatoms. The molecule has 0 amide bonds. The van der Waals surface area contributed by atoms with Crippen molar-refractivity contribution >= 4 is 21.3 Å². The molecule has 5 heterocycles. The van der Waals surface area contributed by atoms with E-state index in [1.807, 2.05) is 6.07 Å². The number of imidazole rings is 1. The lowest BCUT2D eigenvalue weighted by atomic mass is 9.52. The predicted molar refractivity (Wildman–Crippen MR) is 124 cm³/mol. The third-order valence-corrected chi connectivity index (χ3v) is 8.57. The minimum atomic E-state index is -3.05. The topological polar surface area (TPSA) is 93.3 Å². The maximum atomic E-state index is 13.2. The zero-order valence-corrected chi connectivity index (χ0v) is 20.2. The Bertz CT molecular complexity index is 1330. The Hall–Kier alpha value is -2.69. The van der Waals surface area contributed by atoms with E-state index in [0.717, 1.165) is 31.7 Å². The molecule has 3 aromatic rings. The summed E-state index contributed by atoms with van der Waals surface area (Å²) in [4.78, 5) is 19.4. The highest BCUT2D eigenvalue weighted by atomic mass is 32.2. The second kappa shape index (κ2) is 8.21. The lowest BCUT2D eigenvalue weighted by Crippen LogP contribution is -2.57. The van der Waals surface area contributed by atoms with Crippen molar-refractivity contribution in [1.29, 1.82) is 0 Å². The van der Waals surface area contributed by atoms with Crippen LogP contribution in [-0.2, 0) is 9.84 Å². The lowest BCUT2D eigenvalue weighted by Gasteiger charge is -2.58. The first-order valence-electron chi connectivity index (χ1n) is 11.4. The van der Waals surface area contributed by atoms with E-state index in [4.69, 9.17) is 4.98 Å². The molecule has 0 N–H and O–H groups in total. The van der Waals surface area contributed by atoms with E-state index in [9.17, 15) is 17.2 Å². The van der Waals surface area contributed by atoms with Crippen LogP contribution in [0.3, 0.4) is 0 Å². The summed E-state index contributed by atoms with van der Waals surface area (Å²) < 4.78 is 52.1. The van der Waals surface area contributed by atoms with Gasteiger partial charge in [0, 0.05) is 31.7 Å². The SMILES string of the molecule is CC1CN(c2ccnc(-c3cnc4cnc(C(F)F)cn34)n2)CC2CC(CS(C)(=O)=O)(C1)C2C. The maximum absolute atomic E-state index is 13.2. The van der Waals surface area contributed by atoms with E-state index in [1.165, 1.54) is 23.1 Å². The standard InChI is InChI=1S/C23H28F2N6O2S/c1-14-6-23(13-34(3,32)33)7-16(15(23)2)11-30(10-14)19-4-5-26-22(29-19)18-8-28-20-9-27-17(21(24)25)12-31(18)20/h4-5,8-9,12,14-16,21H,6-7,10-11,13H2,1-3H3. The van der Waals surface area contributed by atoms with Crippen LogP contribution in [0.25, 0.3) is 17.2 Å². The summed E-state index contributed by atoms with van der Waals surface area (Å²) in [6.45, 7) is 5.89. The lowest BCUT2D eigenvalue weighted by molar-refractivity contribution is -0.0344. The van der Waals surface area contributed by atoms with Crippen molar-refractivity contribution in [3.63, 3.8) is 0 Å². The van der Waals surface area contributed by atoms with Gasteiger partial charge in [0.05, 0.1) is 18.1 Å². The number of halogens is 2. The van der Waals surface area contributed by atoms with E-state index in [1.54, 1.807) is 12.4 Å². The van der Waals surface area contributed by atoms with Gasteiger partial charge in [-0.1, -0.05) is 13.8 Å². The molecule has 2 saturated heterocycles. The number of hydrogen-bond donors (Lipinski definition) is 0. The summed E-state index contributed by atoms with van der Waals surface area (Å²) in [7, 11) is -3.05. The highest BCUT2D eigenvalue weighted by molar-refractivity contribution is 7.90. The van der Waals surface area contributed by atoms with Crippen molar-refractivity contribution in [3.05, 3.63) is 36.5 Å². The fraction of sp³-hybridized carbons (Fsp3) is 0.565. The molecule has 2 aliphatic heterocycles. The zero-order valence-electron chi connectivity index (χ0n) is 19.4.